The Hall–Kier alpha value is -2.57. The van der Waals surface area contributed by atoms with Gasteiger partial charge < -0.3 is 14.8 Å². The van der Waals surface area contributed by atoms with Crippen molar-refractivity contribution in [2.24, 2.45) is 0 Å². The predicted octanol–water partition coefficient (Wildman–Crippen LogP) is 3.52. The lowest BCUT2D eigenvalue weighted by Crippen LogP contribution is -2.45. The van der Waals surface area contributed by atoms with E-state index in [9.17, 15) is 14.4 Å². The van der Waals surface area contributed by atoms with E-state index in [1.807, 2.05) is 24.3 Å². The van der Waals surface area contributed by atoms with Crippen LogP contribution in [0.2, 0.25) is 0 Å². The second-order valence-electron chi connectivity index (χ2n) is 7.95. The monoisotopic (exact) mass is 390 g/mol. The van der Waals surface area contributed by atoms with Crippen LogP contribution in [0.1, 0.15) is 53.0 Å². The van der Waals surface area contributed by atoms with Crippen molar-refractivity contribution in [2.75, 3.05) is 11.9 Å². The van der Waals surface area contributed by atoms with Gasteiger partial charge in [0.2, 0.25) is 0 Å². The average molecular weight is 390 g/mol. The lowest BCUT2D eigenvalue weighted by Gasteiger charge is -2.28. The summed E-state index contributed by atoms with van der Waals surface area (Å²) in [5.74, 6) is -1.01. The van der Waals surface area contributed by atoms with Crippen molar-refractivity contribution in [2.45, 2.75) is 71.6 Å². The minimum Gasteiger partial charge on any atom is -0.451 e. The van der Waals surface area contributed by atoms with E-state index < -0.39 is 35.7 Å². The van der Waals surface area contributed by atoms with Crippen LogP contribution >= 0.6 is 0 Å². The maximum atomic E-state index is 12.5. The fourth-order valence-corrected chi connectivity index (χ4v) is 2.92. The molecule has 0 bridgehead atoms. The van der Waals surface area contributed by atoms with E-state index >= 15 is 0 Å². The van der Waals surface area contributed by atoms with Crippen molar-refractivity contribution in [1.82, 2.24) is 4.90 Å². The lowest BCUT2D eigenvalue weighted by molar-refractivity contribution is -0.157. The van der Waals surface area contributed by atoms with Crippen LogP contribution in [0.5, 0.6) is 0 Å². The summed E-state index contributed by atoms with van der Waals surface area (Å²) in [6.07, 6.45) is 0.575. The maximum Gasteiger partial charge on any atom is 0.411 e. The molecule has 2 rings (SSSR count). The number of aryl methyl sites for hydroxylation is 1. The highest BCUT2D eigenvalue weighted by Gasteiger charge is 2.38. The molecule has 2 amide bonds. The second kappa shape index (κ2) is 9.08. The van der Waals surface area contributed by atoms with Crippen LogP contribution in [-0.2, 0) is 25.5 Å². The number of hydrogen-bond donors (Lipinski definition) is 1. The standard InChI is InChI=1S/C21H30N2O5/c1-6-15-9-11-16(12-10-15)22-18(24)14(2)27-19(25)17-8-7-13-23(17)20(26)28-21(3,4)5/h9-12,14,17H,6-8,13H2,1-5H3,(H,22,24)/t14-,17+/m1/s1. The van der Waals surface area contributed by atoms with E-state index in [1.165, 1.54) is 17.4 Å². The molecule has 1 aliphatic rings. The molecule has 2 atom stereocenters. The van der Waals surface area contributed by atoms with Crippen LogP contribution < -0.4 is 5.32 Å². The minimum atomic E-state index is -0.973. The Morgan fingerprint density at radius 2 is 1.86 bits per heavy atom. The molecule has 0 aromatic heterocycles. The molecule has 0 aliphatic carbocycles. The molecule has 7 heteroatoms. The van der Waals surface area contributed by atoms with Crippen molar-refractivity contribution in [3.63, 3.8) is 0 Å². The predicted molar refractivity (Wildman–Crippen MR) is 106 cm³/mol. The van der Waals surface area contributed by atoms with E-state index in [1.54, 1.807) is 20.8 Å². The quantitative estimate of drug-likeness (QED) is 0.778. The van der Waals surface area contributed by atoms with Crippen LogP contribution in [-0.4, -0.2) is 47.2 Å². The molecule has 0 unspecified atom stereocenters. The van der Waals surface area contributed by atoms with Crippen LogP contribution in [0.25, 0.3) is 0 Å². The molecule has 7 nitrogen and oxygen atoms in total. The Morgan fingerprint density at radius 1 is 1.21 bits per heavy atom. The van der Waals surface area contributed by atoms with Gasteiger partial charge in [0.05, 0.1) is 0 Å². The largest absolute Gasteiger partial charge is 0.451 e. The number of nitrogens with one attached hydrogen (secondary N) is 1. The number of carbonyl (C=O) groups excluding carboxylic acids is 3. The molecule has 1 aromatic rings. The molecule has 1 aliphatic heterocycles. The number of nitrogens with zero attached hydrogens (tertiary/aromatic N) is 1. The van der Waals surface area contributed by atoms with Gasteiger partial charge in [-0.1, -0.05) is 19.1 Å². The Balaban J connectivity index is 1.92. The molecule has 1 N–H and O–H groups in total. The van der Waals surface area contributed by atoms with E-state index in [0.29, 0.717) is 25.1 Å². The van der Waals surface area contributed by atoms with Crippen LogP contribution in [0, 0.1) is 0 Å². The molecule has 1 fully saturated rings. The highest BCUT2D eigenvalue weighted by Crippen LogP contribution is 2.22. The molecule has 28 heavy (non-hydrogen) atoms. The number of carbonyl (C=O) groups is 3. The number of hydrogen-bond acceptors (Lipinski definition) is 5. The van der Waals surface area contributed by atoms with Gasteiger partial charge in [0.15, 0.2) is 6.10 Å². The third-order valence-corrected chi connectivity index (χ3v) is 4.44. The highest BCUT2D eigenvalue weighted by atomic mass is 16.6. The molecule has 154 valence electrons. The second-order valence-corrected chi connectivity index (χ2v) is 7.95. The van der Waals surface area contributed by atoms with Crippen molar-refractivity contribution >= 4 is 23.7 Å². The van der Waals surface area contributed by atoms with Gasteiger partial charge in [0.25, 0.3) is 5.91 Å². The smallest absolute Gasteiger partial charge is 0.411 e. The van der Waals surface area contributed by atoms with Gasteiger partial charge in [0, 0.05) is 12.2 Å². The van der Waals surface area contributed by atoms with E-state index in [4.69, 9.17) is 9.47 Å². The van der Waals surface area contributed by atoms with Crippen LogP contribution in [0.4, 0.5) is 10.5 Å². The average Bonchev–Trinajstić information content (AvgIpc) is 3.11. The zero-order valence-corrected chi connectivity index (χ0v) is 17.3. The van der Waals surface area contributed by atoms with Gasteiger partial charge in [-0.2, -0.15) is 0 Å². The first-order valence-corrected chi connectivity index (χ1v) is 9.70. The molecule has 1 saturated heterocycles. The van der Waals surface area contributed by atoms with E-state index in [-0.39, 0.29) is 0 Å². The number of esters is 1. The number of anilines is 1. The van der Waals surface area contributed by atoms with Gasteiger partial charge in [-0.3, -0.25) is 9.69 Å². The highest BCUT2D eigenvalue weighted by molar-refractivity contribution is 5.95. The summed E-state index contributed by atoms with van der Waals surface area (Å²) in [6.45, 7) is 9.31. The Labute approximate surface area is 166 Å². The molecule has 0 spiro atoms. The first-order valence-electron chi connectivity index (χ1n) is 9.70. The number of benzene rings is 1. The Bertz CT molecular complexity index is 709. The van der Waals surface area contributed by atoms with Crippen molar-refractivity contribution in [3.8, 4) is 0 Å². The first kappa shape index (κ1) is 21.7. The zero-order chi connectivity index (χ0) is 20.9. The number of rotatable bonds is 5. The van der Waals surface area contributed by atoms with Gasteiger partial charge >= 0.3 is 12.1 Å². The van der Waals surface area contributed by atoms with E-state index in [2.05, 4.69) is 12.2 Å². The topological polar surface area (TPSA) is 84.9 Å². The van der Waals surface area contributed by atoms with Crippen molar-refractivity contribution in [3.05, 3.63) is 29.8 Å². The summed E-state index contributed by atoms with van der Waals surface area (Å²) in [4.78, 5) is 38.5. The summed E-state index contributed by atoms with van der Waals surface area (Å²) in [5, 5.41) is 2.73. The third kappa shape index (κ3) is 5.97. The third-order valence-electron chi connectivity index (χ3n) is 4.44. The maximum absolute atomic E-state index is 12.5. The molecule has 0 radical (unpaired) electrons. The summed E-state index contributed by atoms with van der Waals surface area (Å²) in [7, 11) is 0. The molecular weight excluding hydrogens is 360 g/mol. The van der Waals surface area contributed by atoms with Gasteiger partial charge in [-0.15, -0.1) is 0 Å². The minimum absolute atomic E-state index is 0.417. The summed E-state index contributed by atoms with van der Waals surface area (Å²) in [5.41, 5.74) is 1.16. The van der Waals surface area contributed by atoms with Gasteiger partial charge in [-0.05, 0) is 64.7 Å². The van der Waals surface area contributed by atoms with E-state index in [0.717, 1.165) is 6.42 Å². The SMILES string of the molecule is CCc1ccc(NC(=O)[C@@H](C)OC(=O)[C@@H]2CCCN2C(=O)OC(C)(C)C)cc1. The zero-order valence-electron chi connectivity index (χ0n) is 17.3. The Morgan fingerprint density at radius 3 is 2.43 bits per heavy atom. The first-order chi connectivity index (χ1) is 13.1. The number of ether oxygens (including phenoxy) is 2. The summed E-state index contributed by atoms with van der Waals surface area (Å²) in [6, 6.07) is 6.76. The van der Waals surface area contributed by atoms with Crippen molar-refractivity contribution in [1.29, 1.82) is 0 Å². The van der Waals surface area contributed by atoms with Gasteiger partial charge in [0.1, 0.15) is 11.6 Å². The fourth-order valence-electron chi connectivity index (χ4n) is 2.92. The Kier molecular flexibility index (Phi) is 7.05. The fraction of sp³-hybridized carbons (Fsp3) is 0.571. The molecule has 0 saturated carbocycles. The normalized spacial score (nSPS) is 17.8. The molecule has 1 aromatic carbocycles. The van der Waals surface area contributed by atoms with Crippen LogP contribution in [0.15, 0.2) is 24.3 Å². The molecular formula is C21H30N2O5. The van der Waals surface area contributed by atoms with Gasteiger partial charge in [-0.25, -0.2) is 9.59 Å². The number of amides is 2. The summed E-state index contributed by atoms with van der Waals surface area (Å²) < 4.78 is 10.7. The van der Waals surface area contributed by atoms with Crippen molar-refractivity contribution < 1.29 is 23.9 Å². The molecule has 1 heterocycles. The summed E-state index contributed by atoms with van der Waals surface area (Å²) >= 11 is 0. The lowest BCUT2D eigenvalue weighted by atomic mass is 10.1. The number of likely N-dealkylation sites (tertiary alicyclic amines) is 1. The van der Waals surface area contributed by atoms with Crippen LogP contribution in [0.3, 0.4) is 0 Å².